The molecule has 0 aliphatic heterocycles. The van der Waals surface area contributed by atoms with Crippen LogP contribution in [0.4, 0.5) is 0 Å². The summed E-state index contributed by atoms with van der Waals surface area (Å²) in [4.78, 5) is 24.4. The van der Waals surface area contributed by atoms with Crippen LogP contribution < -0.4 is 0 Å². The smallest absolute Gasteiger partial charge is 0.348 e. The first-order valence-electron chi connectivity index (χ1n) is 7.63. The molecule has 0 bridgehead atoms. The van der Waals surface area contributed by atoms with Crippen LogP contribution in [0.15, 0.2) is 30.3 Å². The van der Waals surface area contributed by atoms with Crippen LogP contribution in [0.2, 0.25) is 0 Å². The van der Waals surface area contributed by atoms with E-state index in [1.54, 1.807) is 6.07 Å². The Morgan fingerprint density at radius 1 is 1.21 bits per heavy atom. The first kappa shape index (κ1) is 16.4. The number of ketones is 1. The summed E-state index contributed by atoms with van der Waals surface area (Å²) in [5, 5.41) is 5.51. The normalized spacial score (nSPS) is 11.0. The minimum Gasteiger partial charge on any atom is -0.454 e. The number of nitrogens with zero attached hydrogens (tertiary/aromatic N) is 2. The molecule has 6 heteroatoms. The number of hydrogen-bond acceptors (Lipinski definition) is 5. The lowest BCUT2D eigenvalue weighted by Gasteiger charge is -2.03. The average molecular weight is 342 g/mol. The molecule has 0 N–H and O–H groups in total. The van der Waals surface area contributed by atoms with E-state index >= 15 is 0 Å². The molecular formula is C18H18N2O3S. The molecular weight excluding hydrogens is 324 g/mol. The highest BCUT2D eigenvalue weighted by molar-refractivity contribution is 7.20. The Hall–Kier alpha value is -2.47. The first-order chi connectivity index (χ1) is 11.4. The molecule has 2 heterocycles. The van der Waals surface area contributed by atoms with Gasteiger partial charge in [-0.25, -0.2) is 4.79 Å². The number of carbonyl (C=O) groups excluding carboxylic acids is 2. The monoisotopic (exact) mass is 342 g/mol. The van der Waals surface area contributed by atoms with Crippen molar-refractivity contribution >= 4 is 33.3 Å². The molecule has 2 aromatic heterocycles. The van der Waals surface area contributed by atoms with E-state index in [2.05, 4.69) is 36.3 Å². The van der Waals surface area contributed by atoms with E-state index in [1.165, 1.54) is 23.8 Å². The van der Waals surface area contributed by atoms with Gasteiger partial charge in [0.2, 0.25) is 0 Å². The van der Waals surface area contributed by atoms with E-state index in [0.717, 1.165) is 21.5 Å². The van der Waals surface area contributed by atoms with Crippen molar-refractivity contribution < 1.29 is 14.3 Å². The molecule has 0 saturated carbocycles. The van der Waals surface area contributed by atoms with Crippen molar-refractivity contribution in [1.29, 1.82) is 0 Å². The molecule has 0 unspecified atom stereocenters. The zero-order chi connectivity index (χ0) is 17.3. The number of ether oxygens (including phenoxy) is 1. The summed E-state index contributed by atoms with van der Waals surface area (Å²) < 4.78 is 6.90. The summed E-state index contributed by atoms with van der Waals surface area (Å²) >= 11 is 1.34. The highest BCUT2D eigenvalue weighted by Crippen LogP contribution is 2.29. The SMILES string of the molecule is CC(=O)COC(=O)c1cc2c(C)nn(Cc3ccc(C)cc3)c2s1. The number of thiophene rings is 1. The van der Waals surface area contributed by atoms with Crippen molar-refractivity contribution in [3.05, 3.63) is 52.0 Å². The van der Waals surface area contributed by atoms with Gasteiger partial charge < -0.3 is 4.74 Å². The van der Waals surface area contributed by atoms with E-state index in [0.29, 0.717) is 11.4 Å². The minimum atomic E-state index is -0.465. The fourth-order valence-corrected chi connectivity index (χ4v) is 3.48. The minimum absolute atomic E-state index is 0.175. The molecule has 0 radical (unpaired) electrons. The number of rotatable bonds is 5. The van der Waals surface area contributed by atoms with E-state index in [-0.39, 0.29) is 12.4 Å². The van der Waals surface area contributed by atoms with Gasteiger partial charge in [-0.2, -0.15) is 5.10 Å². The van der Waals surface area contributed by atoms with E-state index in [1.807, 2.05) is 11.6 Å². The lowest BCUT2D eigenvalue weighted by molar-refractivity contribution is -0.120. The Balaban J connectivity index is 1.88. The number of aryl methyl sites for hydroxylation is 2. The van der Waals surface area contributed by atoms with Crippen molar-refractivity contribution in [1.82, 2.24) is 9.78 Å². The molecule has 0 atom stereocenters. The van der Waals surface area contributed by atoms with Crippen molar-refractivity contribution in [3.8, 4) is 0 Å². The standard InChI is InChI=1S/C18H18N2O3S/c1-11-4-6-14(7-5-11)9-20-17-15(13(3)19-20)8-16(24-17)18(22)23-10-12(2)21/h4-8H,9-10H2,1-3H3. The number of hydrogen-bond donors (Lipinski definition) is 0. The third-order valence-corrected chi connectivity index (χ3v) is 4.80. The summed E-state index contributed by atoms with van der Waals surface area (Å²) in [6, 6.07) is 10.1. The van der Waals surface area contributed by atoms with E-state index in [9.17, 15) is 9.59 Å². The van der Waals surface area contributed by atoms with Crippen LogP contribution in [0, 0.1) is 13.8 Å². The molecule has 0 saturated heterocycles. The first-order valence-corrected chi connectivity index (χ1v) is 8.45. The molecule has 124 valence electrons. The molecule has 5 nitrogen and oxygen atoms in total. The third kappa shape index (κ3) is 3.38. The van der Waals surface area contributed by atoms with Gasteiger partial charge in [0.05, 0.1) is 12.2 Å². The van der Waals surface area contributed by atoms with Crippen molar-refractivity contribution in [2.24, 2.45) is 0 Å². The number of esters is 1. The van der Waals surface area contributed by atoms with Crippen LogP contribution >= 0.6 is 11.3 Å². The second-order valence-electron chi connectivity index (χ2n) is 5.84. The summed E-state index contributed by atoms with van der Waals surface area (Å²) in [5.74, 6) is -0.640. The molecule has 0 amide bonds. The lowest BCUT2D eigenvalue weighted by Crippen LogP contribution is -2.10. The van der Waals surface area contributed by atoms with E-state index in [4.69, 9.17) is 4.74 Å². The molecule has 3 rings (SSSR count). The van der Waals surface area contributed by atoms with Gasteiger partial charge in [0, 0.05) is 5.39 Å². The molecule has 0 aliphatic carbocycles. The summed E-state index contributed by atoms with van der Waals surface area (Å²) in [5.41, 5.74) is 3.24. The van der Waals surface area contributed by atoms with Gasteiger partial charge in [-0.05, 0) is 32.4 Å². The van der Waals surface area contributed by atoms with Gasteiger partial charge in [-0.1, -0.05) is 29.8 Å². The Kier molecular flexibility index (Phi) is 4.49. The second-order valence-corrected chi connectivity index (χ2v) is 6.87. The maximum absolute atomic E-state index is 12.0. The summed E-state index contributed by atoms with van der Waals surface area (Å²) in [6.07, 6.45) is 0. The highest BCUT2D eigenvalue weighted by atomic mass is 32.1. The Labute approximate surface area is 143 Å². The van der Waals surface area contributed by atoms with Crippen LogP contribution in [-0.4, -0.2) is 28.1 Å². The molecule has 3 aromatic rings. The second kappa shape index (κ2) is 6.57. The number of carbonyl (C=O) groups is 2. The molecule has 0 spiro atoms. The summed E-state index contributed by atoms with van der Waals surface area (Å²) in [6.45, 7) is 5.82. The van der Waals surface area contributed by atoms with Gasteiger partial charge in [-0.15, -0.1) is 11.3 Å². The van der Waals surface area contributed by atoms with Crippen LogP contribution in [0.25, 0.3) is 10.2 Å². The van der Waals surface area contributed by atoms with Gasteiger partial charge in [-0.3, -0.25) is 9.48 Å². The predicted molar refractivity (Wildman–Crippen MR) is 93.6 cm³/mol. The molecule has 0 aliphatic rings. The Morgan fingerprint density at radius 3 is 2.58 bits per heavy atom. The van der Waals surface area contributed by atoms with Crippen LogP contribution in [0.5, 0.6) is 0 Å². The molecule has 0 fully saturated rings. The maximum atomic E-state index is 12.0. The van der Waals surface area contributed by atoms with Gasteiger partial charge in [0.1, 0.15) is 16.3 Å². The number of benzene rings is 1. The topological polar surface area (TPSA) is 61.2 Å². The van der Waals surface area contributed by atoms with Gasteiger partial charge >= 0.3 is 5.97 Å². The van der Waals surface area contributed by atoms with Gasteiger partial charge in [0.25, 0.3) is 0 Å². The fourth-order valence-electron chi connectivity index (χ4n) is 2.43. The Bertz CT molecular complexity index is 906. The summed E-state index contributed by atoms with van der Waals surface area (Å²) in [7, 11) is 0. The predicted octanol–water partition coefficient (Wildman–Crippen LogP) is 3.51. The zero-order valence-corrected chi connectivity index (χ0v) is 14.6. The molecule has 1 aromatic carbocycles. The molecule has 24 heavy (non-hydrogen) atoms. The van der Waals surface area contributed by atoms with Crippen LogP contribution in [0.1, 0.15) is 33.4 Å². The quantitative estimate of drug-likeness (QED) is 0.666. The Morgan fingerprint density at radius 2 is 1.92 bits per heavy atom. The third-order valence-electron chi connectivity index (χ3n) is 3.67. The van der Waals surface area contributed by atoms with Crippen molar-refractivity contribution in [3.63, 3.8) is 0 Å². The number of aromatic nitrogens is 2. The van der Waals surface area contributed by atoms with Crippen LogP contribution in [0.3, 0.4) is 0 Å². The number of Topliss-reactive ketones (excluding diaryl/α,β-unsaturated/α-hetero) is 1. The largest absolute Gasteiger partial charge is 0.454 e. The van der Waals surface area contributed by atoms with Crippen molar-refractivity contribution in [2.75, 3.05) is 6.61 Å². The van der Waals surface area contributed by atoms with Gasteiger partial charge in [0.15, 0.2) is 5.78 Å². The highest BCUT2D eigenvalue weighted by Gasteiger charge is 2.17. The maximum Gasteiger partial charge on any atom is 0.348 e. The van der Waals surface area contributed by atoms with E-state index < -0.39 is 5.97 Å². The average Bonchev–Trinajstić information content (AvgIpc) is 3.09. The van der Waals surface area contributed by atoms with Crippen molar-refractivity contribution in [2.45, 2.75) is 27.3 Å². The number of fused-ring (bicyclic) bond motifs is 1. The fraction of sp³-hybridized carbons (Fsp3) is 0.278. The van der Waals surface area contributed by atoms with Crippen LogP contribution in [-0.2, 0) is 16.1 Å². The lowest BCUT2D eigenvalue weighted by atomic mass is 10.1. The zero-order valence-electron chi connectivity index (χ0n) is 13.8.